The van der Waals surface area contributed by atoms with E-state index in [-0.39, 0.29) is 5.91 Å². The van der Waals surface area contributed by atoms with Crippen molar-refractivity contribution in [2.45, 2.75) is 12.5 Å². The summed E-state index contributed by atoms with van der Waals surface area (Å²) in [6.07, 6.45) is 5.85. The fourth-order valence-corrected chi connectivity index (χ4v) is 2.49. The standard InChI is InChI=1S/C17H18N2O2/c20-17(9-8-16-7-4-12-21-16)19-11-10-15(13-19)18-14-5-2-1-3-6-14/h1-9,12,15,18H,10-11,13H2/b9-8-/t15-/m1/s1. The fourth-order valence-electron chi connectivity index (χ4n) is 2.49. The zero-order valence-electron chi connectivity index (χ0n) is 11.7. The minimum atomic E-state index is 0.0313. The van der Waals surface area contributed by atoms with Gasteiger partial charge in [0, 0.05) is 30.9 Å². The van der Waals surface area contributed by atoms with Crippen LogP contribution in [0.3, 0.4) is 0 Å². The normalized spacial score (nSPS) is 18.3. The van der Waals surface area contributed by atoms with E-state index >= 15 is 0 Å². The minimum Gasteiger partial charge on any atom is -0.465 e. The van der Waals surface area contributed by atoms with E-state index in [1.165, 1.54) is 0 Å². The van der Waals surface area contributed by atoms with Crippen molar-refractivity contribution in [2.75, 3.05) is 18.4 Å². The Morgan fingerprint density at radius 3 is 2.86 bits per heavy atom. The van der Waals surface area contributed by atoms with Gasteiger partial charge < -0.3 is 14.6 Å². The molecule has 2 heterocycles. The number of benzene rings is 1. The first-order valence-corrected chi connectivity index (χ1v) is 7.13. The lowest BCUT2D eigenvalue weighted by Gasteiger charge is -2.16. The highest BCUT2D eigenvalue weighted by molar-refractivity contribution is 5.91. The van der Waals surface area contributed by atoms with Crippen LogP contribution in [0.25, 0.3) is 6.08 Å². The molecule has 108 valence electrons. The summed E-state index contributed by atoms with van der Waals surface area (Å²) < 4.78 is 5.18. The van der Waals surface area contributed by atoms with Gasteiger partial charge in [-0.1, -0.05) is 18.2 Å². The first-order valence-electron chi connectivity index (χ1n) is 7.13. The van der Waals surface area contributed by atoms with Crippen LogP contribution in [-0.2, 0) is 4.79 Å². The van der Waals surface area contributed by atoms with Gasteiger partial charge in [-0.25, -0.2) is 0 Å². The maximum absolute atomic E-state index is 12.1. The van der Waals surface area contributed by atoms with E-state index in [4.69, 9.17) is 4.42 Å². The molecule has 4 nitrogen and oxygen atoms in total. The smallest absolute Gasteiger partial charge is 0.246 e. The summed E-state index contributed by atoms with van der Waals surface area (Å²) in [5.74, 6) is 0.727. The van der Waals surface area contributed by atoms with Gasteiger partial charge in [0.2, 0.25) is 5.91 Å². The van der Waals surface area contributed by atoms with Crippen LogP contribution in [0.5, 0.6) is 0 Å². The van der Waals surface area contributed by atoms with E-state index in [2.05, 4.69) is 5.32 Å². The van der Waals surface area contributed by atoms with Gasteiger partial charge in [0.05, 0.1) is 6.26 Å². The van der Waals surface area contributed by atoms with E-state index in [9.17, 15) is 4.79 Å². The SMILES string of the molecule is O=C(/C=C\c1ccco1)N1CC[C@@H](Nc2ccccc2)C1. The number of nitrogens with one attached hydrogen (secondary N) is 1. The molecule has 1 atom stereocenters. The summed E-state index contributed by atoms with van der Waals surface area (Å²) >= 11 is 0. The molecule has 0 bridgehead atoms. The molecule has 1 fully saturated rings. The molecular weight excluding hydrogens is 264 g/mol. The van der Waals surface area contributed by atoms with Crippen molar-refractivity contribution in [1.29, 1.82) is 0 Å². The Morgan fingerprint density at radius 2 is 2.10 bits per heavy atom. The van der Waals surface area contributed by atoms with Crippen LogP contribution < -0.4 is 5.32 Å². The van der Waals surface area contributed by atoms with Crippen molar-refractivity contribution >= 4 is 17.7 Å². The van der Waals surface area contributed by atoms with Crippen LogP contribution in [0.2, 0.25) is 0 Å². The lowest BCUT2D eigenvalue weighted by Crippen LogP contribution is -2.30. The molecule has 1 aliphatic rings. The predicted octanol–water partition coefficient (Wildman–Crippen LogP) is 3.01. The van der Waals surface area contributed by atoms with Crippen LogP contribution in [0.1, 0.15) is 12.2 Å². The molecule has 1 aromatic carbocycles. The number of nitrogens with zero attached hydrogens (tertiary/aromatic N) is 1. The molecule has 2 aromatic rings. The van der Waals surface area contributed by atoms with E-state index in [1.807, 2.05) is 41.3 Å². The third-order valence-electron chi connectivity index (χ3n) is 3.58. The molecule has 3 rings (SSSR count). The summed E-state index contributed by atoms with van der Waals surface area (Å²) in [7, 11) is 0. The van der Waals surface area contributed by atoms with Crippen LogP contribution in [0.4, 0.5) is 5.69 Å². The highest BCUT2D eigenvalue weighted by Crippen LogP contribution is 2.16. The number of para-hydroxylation sites is 1. The Hall–Kier alpha value is -2.49. The van der Waals surface area contributed by atoms with Gasteiger partial charge in [-0.3, -0.25) is 4.79 Å². The van der Waals surface area contributed by atoms with Crippen molar-refractivity contribution in [1.82, 2.24) is 4.90 Å². The van der Waals surface area contributed by atoms with E-state index < -0.39 is 0 Å². The molecular formula is C17H18N2O2. The highest BCUT2D eigenvalue weighted by atomic mass is 16.3. The topological polar surface area (TPSA) is 45.5 Å². The highest BCUT2D eigenvalue weighted by Gasteiger charge is 2.24. The largest absolute Gasteiger partial charge is 0.465 e. The third kappa shape index (κ3) is 3.54. The molecule has 0 aliphatic carbocycles. The summed E-state index contributed by atoms with van der Waals surface area (Å²) in [6.45, 7) is 1.52. The number of hydrogen-bond donors (Lipinski definition) is 1. The molecule has 1 aliphatic heterocycles. The lowest BCUT2D eigenvalue weighted by atomic mass is 10.2. The monoisotopic (exact) mass is 282 g/mol. The van der Waals surface area contributed by atoms with Crippen LogP contribution >= 0.6 is 0 Å². The second-order valence-corrected chi connectivity index (χ2v) is 5.13. The number of hydrogen-bond acceptors (Lipinski definition) is 3. The molecule has 0 spiro atoms. The van der Waals surface area contributed by atoms with Crippen LogP contribution in [0, 0.1) is 0 Å². The van der Waals surface area contributed by atoms with E-state index in [1.54, 1.807) is 24.5 Å². The maximum Gasteiger partial charge on any atom is 0.246 e. The zero-order chi connectivity index (χ0) is 14.5. The van der Waals surface area contributed by atoms with Gasteiger partial charge in [0.15, 0.2) is 0 Å². The Morgan fingerprint density at radius 1 is 1.24 bits per heavy atom. The van der Waals surface area contributed by atoms with Crippen LogP contribution in [0.15, 0.2) is 59.2 Å². The average molecular weight is 282 g/mol. The average Bonchev–Trinajstić information content (AvgIpc) is 3.17. The first kappa shape index (κ1) is 13.5. The molecule has 0 radical (unpaired) electrons. The van der Waals surface area contributed by atoms with Crippen molar-refractivity contribution in [3.8, 4) is 0 Å². The summed E-state index contributed by atoms with van der Waals surface area (Å²) in [6, 6.07) is 14.0. The molecule has 21 heavy (non-hydrogen) atoms. The quantitative estimate of drug-likeness (QED) is 0.877. The van der Waals surface area contributed by atoms with Gasteiger partial charge in [0.25, 0.3) is 0 Å². The predicted molar refractivity (Wildman–Crippen MR) is 82.8 cm³/mol. The van der Waals surface area contributed by atoms with Crippen molar-refractivity contribution in [3.63, 3.8) is 0 Å². The van der Waals surface area contributed by atoms with Gasteiger partial charge in [-0.15, -0.1) is 0 Å². The number of likely N-dealkylation sites (tertiary alicyclic amines) is 1. The number of carbonyl (C=O) groups excluding carboxylic acids is 1. The Kier molecular flexibility index (Phi) is 4.05. The van der Waals surface area contributed by atoms with Crippen LogP contribution in [-0.4, -0.2) is 29.9 Å². The number of carbonyl (C=O) groups is 1. The van der Waals surface area contributed by atoms with Crippen molar-refractivity contribution in [3.05, 3.63) is 60.6 Å². The molecule has 1 N–H and O–H groups in total. The van der Waals surface area contributed by atoms with Crippen molar-refractivity contribution in [2.24, 2.45) is 0 Å². The van der Waals surface area contributed by atoms with Gasteiger partial charge in [-0.05, 0) is 36.8 Å². The zero-order valence-corrected chi connectivity index (χ0v) is 11.7. The van der Waals surface area contributed by atoms with E-state index in [0.717, 1.165) is 25.2 Å². The van der Waals surface area contributed by atoms with E-state index in [0.29, 0.717) is 11.8 Å². The third-order valence-corrected chi connectivity index (χ3v) is 3.58. The lowest BCUT2D eigenvalue weighted by molar-refractivity contribution is -0.124. The molecule has 0 unspecified atom stereocenters. The molecule has 0 saturated carbocycles. The Balaban J connectivity index is 1.53. The fraction of sp³-hybridized carbons (Fsp3) is 0.235. The number of rotatable bonds is 4. The molecule has 1 saturated heterocycles. The van der Waals surface area contributed by atoms with Crippen molar-refractivity contribution < 1.29 is 9.21 Å². The first-order chi connectivity index (χ1) is 10.3. The summed E-state index contributed by atoms with van der Waals surface area (Å²) in [4.78, 5) is 14.0. The second kappa shape index (κ2) is 6.31. The summed E-state index contributed by atoms with van der Waals surface area (Å²) in [5.41, 5.74) is 1.10. The summed E-state index contributed by atoms with van der Waals surface area (Å²) in [5, 5.41) is 3.46. The molecule has 4 heteroatoms. The second-order valence-electron chi connectivity index (χ2n) is 5.13. The Labute approximate surface area is 124 Å². The number of furan rings is 1. The van der Waals surface area contributed by atoms with Gasteiger partial charge in [0.1, 0.15) is 5.76 Å². The minimum absolute atomic E-state index is 0.0313. The number of amides is 1. The Bertz CT molecular complexity index is 605. The van der Waals surface area contributed by atoms with Gasteiger partial charge >= 0.3 is 0 Å². The molecule has 1 aromatic heterocycles. The van der Waals surface area contributed by atoms with Gasteiger partial charge in [-0.2, -0.15) is 0 Å². The maximum atomic E-state index is 12.1. The molecule has 1 amide bonds. The number of anilines is 1.